The van der Waals surface area contributed by atoms with Gasteiger partial charge in [0, 0.05) is 7.11 Å². The number of nitrogens with zero attached hydrogens (tertiary/aromatic N) is 7. The Kier molecular flexibility index (Phi) is 7.89. The number of methoxy groups -OCH3 is 1. The highest BCUT2D eigenvalue weighted by Gasteiger charge is 2.55. The molecule has 0 aromatic carbocycles. The SMILES string of the molecule is CO[C@H]1[C@H](n2cnc3c(N)ncnc32)OC(C)(COP(O)(=S)O[C@@H]2[C@@H](F)[C@@H](CO)O[C@H]2n2cnc3c(=O)[nH]c(N)nc32)[C@H]1O. The minimum Gasteiger partial charge on any atom is -0.394 e. The van der Waals surface area contributed by atoms with Gasteiger partial charge in [0.2, 0.25) is 5.95 Å². The van der Waals surface area contributed by atoms with Gasteiger partial charge >= 0.3 is 6.72 Å². The second-order valence-electron chi connectivity index (χ2n) is 10.3. The van der Waals surface area contributed by atoms with E-state index >= 15 is 4.39 Å². The fourth-order valence-electron chi connectivity index (χ4n) is 5.25. The van der Waals surface area contributed by atoms with Crippen LogP contribution in [-0.2, 0) is 35.1 Å². The van der Waals surface area contributed by atoms with E-state index in [9.17, 15) is 19.9 Å². The van der Waals surface area contributed by atoms with Crippen molar-refractivity contribution < 1.29 is 42.8 Å². The lowest BCUT2D eigenvalue weighted by molar-refractivity contribution is -0.114. The number of anilines is 2. The van der Waals surface area contributed by atoms with E-state index in [1.807, 2.05) is 0 Å². The first-order chi connectivity index (χ1) is 20.9. The lowest BCUT2D eigenvalue weighted by Gasteiger charge is -2.30. The van der Waals surface area contributed by atoms with Crippen LogP contribution in [0, 0.1) is 0 Å². The van der Waals surface area contributed by atoms with Gasteiger partial charge in [-0.25, -0.2) is 24.3 Å². The van der Waals surface area contributed by atoms with Crippen LogP contribution in [0.25, 0.3) is 22.3 Å². The number of ether oxygens (including phenoxy) is 3. The van der Waals surface area contributed by atoms with Gasteiger partial charge < -0.3 is 45.3 Å². The molecule has 2 saturated heterocycles. The molecule has 4 aromatic rings. The van der Waals surface area contributed by atoms with Crippen LogP contribution in [-0.4, -0.2) is 111 Å². The summed E-state index contributed by atoms with van der Waals surface area (Å²) in [6, 6.07) is 0. The van der Waals surface area contributed by atoms with Crippen LogP contribution in [0.1, 0.15) is 19.4 Å². The third-order valence-corrected chi connectivity index (χ3v) is 9.02. The lowest BCUT2D eigenvalue weighted by Crippen LogP contribution is -2.44. The molecule has 2 fully saturated rings. The van der Waals surface area contributed by atoms with Gasteiger partial charge in [-0.1, -0.05) is 0 Å². The minimum absolute atomic E-state index is 0.0616. The van der Waals surface area contributed by atoms with Crippen LogP contribution in [0.5, 0.6) is 0 Å². The first-order valence-corrected chi connectivity index (χ1v) is 15.6. The molecule has 6 heterocycles. The van der Waals surface area contributed by atoms with Crippen molar-refractivity contribution in [2.24, 2.45) is 0 Å². The Morgan fingerprint density at radius 3 is 2.57 bits per heavy atom. The Labute approximate surface area is 251 Å². The molecule has 9 atom stereocenters. The summed E-state index contributed by atoms with van der Waals surface area (Å²) in [5, 5.41) is 20.9. The number of nitrogen functional groups attached to an aromatic ring is 2. The Hall–Kier alpha value is -3.24. The molecule has 4 aromatic heterocycles. The zero-order chi connectivity index (χ0) is 31.6. The van der Waals surface area contributed by atoms with E-state index in [1.54, 1.807) is 0 Å². The molecule has 2 unspecified atom stereocenters. The van der Waals surface area contributed by atoms with Crippen molar-refractivity contribution in [3.8, 4) is 0 Å². The molecular weight excluding hydrogens is 630 g/mol. The quantitative estimate of drug-likeness (QED) is 0.113. The smallest absolute Gasteiger partial charge is 0.325 e. The van der Waals surface area contributed by atoms with Gasteiger partial charge in [0.05, 0.1) is 25.9 Å². The molecule has 238 valence electrons. The molecule has 8 N–H and O–H groups in total. The Balaban J connectivity index is 1.23. The van der Waals surface area contributed by atoms with Gasteiger partial charge in [-0.15, -0.1) is 0 Å². The number of imidazole rings is 2. The number of halogens is 1. The zero-order valence-corrected chi connectivity index (χ0v) is 24.7. The van der Waals surface area contributed by atoms with E-state index < -0.39 is 74.1 Å². The highest BCUT2D eigenvalue weighted by atomic mass is 32.5. The summed E-state index contributed by atoms with van der Waals surface area (Å²) in [6.07, 6.45) is -5.89. The van der Waals surface area contributed by atoms with Crippen LogP contribution >= 0.6 is 6.72 Å². The number of rotatable bonds is 9. The predicted molar refractivity (Wildman–Crippen MR) is 151 cm³/mol. The molecule has 0 saturated carbocycles. The number of hydrogen-bond acceptors (Lipinski definition) is 16. The topological polar surface area (TPSA) is 266 Å². The Morgan fingerprint density at radius 2 is 1.86 bits per heavy atom. The Morgan fingerprint density at radius 1 is 1.16 bits per heavy atom. The number of fused-ring (bicyclic) bond motifs is 2. The number of hydrogen-bond donors (Lipinski definition) is 6. The number of aliphatic hydroxyl groups excluding tert-OH is 2. The van der Waals surface area contributed by atoms with Crippen molar-refractivity contribution >= 4 is 52.6 Å². The molecule has 44 heavy (non-hydrogen) atoms. The monoisotopic (exact) mass is 658 g/mol. The molecule has 2 aliphatic heterocycles. The minimum atomic E-state index is -4.31. The first kappa shape index (κ1) is 30.8. The van der Waals surface area contributed by atoms with E-state index in [2.05, 4.69) is 29.9 Å². The van der Waals surface area contributed by atoms with Crippen LogP contribution in [0.2, 0.25) is 0 Å². The van der Waals surface area contributed by atoms with Crippen molar-refractivity contribution in [3.05, 3.63) is 29.3 Å². The molecule has 0 bridgehead atoms. The first-order valence-electron chi connectivity index (χ1n) is 13.0. The highest BCUT2D eigenvalue weighted by molar-refractivity contribution is 8.07. The second-order valence-corrected chi connectivity index (χ2v) is 13.1. The molecular formula is C22H28FN10O9PS. The van der Waals surface area contributed by atoms with Crippen molar-refractivity contribution in [1.29, 1.82) is 0 Å². The molecule has 2 aliphatic rings. The fourth-order valence-corrected chi connectivity index (χ4v) is 6.72. The average Bonchev–Trinajstić information content (AvgIpc) is 3.72. The van der Waals surface area contributed by atoms with Crippen molar-refractivity contribution in [2.75, 3.05) is 31.8 Å². The number of nitrogens with two attached hydrogens (primary N) is 2. The summed E-state index contributed by atoms with van der Waals surface area (Å²) in [7, 11) is 1.37. The van der Waals surface area contributed by atoms with Gasteiger partial charge in [-0.05, 0) is 18.7 Å². The van der Waals surface area contributed by atoms with Gasteiger partial charge in [0.15, 0.2) is 41.3 Å². The van der Waals surface area contributed by atoms with Crippen LogP contribution in [0.3, 0.4) is 0 Å². The summed E-state index contributed by atoms with van der Waals surface area (Å²) in [4.78, 5) is 45.9. The largest absolute Gasteiger partial charge is 0.394 e. The molecule has 0 radical (unpaired) electrons. The van der Waals surface area contributed by atoms with Crippen molar-refractivity contribution in [2.45, 2.75) is 55.6 Å². The number of aliphatic hydroxyl groups is 2. The summed E-state index contributed by atoms with van der Waals surface area (Å²) < 4.78 is 46.6. The van der Waals surface area contributed by atoms with Gasteiger partial charge in [-0.2, -0.15) is 4.98 Å². The number of aromatic amines is 1. The fraction of sp³-hybridized carbons (Fsp3) is 0.545. The maximum atomic E-state index is 15.5. The second kappa shape index (κ2) is 11.3. The molecule has 6 rings (SSSR count). The number of H-pyrrole nitrogens is 1. The van der Waals surface area contributed by atoms with Crippen LogP contribution < -0.4 is 17.0 Å². The van der Waals surface area contributed by atoms with Crippen molar-refractivity contribution in [1.82, 2.24) is 39.0 Å². The van der Waals surface area contributed by atoms with Crippen LogP contribution in [0.15, 0.2) is 23.8 Å². The zero-order valence-electron chi connectivity index (χ0n) is 23.0. The standard InChI is InChI=1S/C22H28FN10O9PS/c1-22(14(35)13(38-2)20(41-22)32-6-28-10-15(24)26-5-27-16(10)32)4-39-43(37,44)42-12-9(23)8(3-34)40-19(12)33-7-29-11-17(33)30-21(25)31-18(11)36/h5-9,12-14,19-20,34-35H,3-4H2,1-2H3,(H,37,44)(H2,24,26,27)(H3,25,30,31,36)/t8-,9+,12-,13-,14+,19-,20-,22?,43?/m1/s1. The number of aromatic nitrogens is 8. The molecule has 0 amide bonds. The summed E-state index contributed by atoms with van der Waals surface area (Å²) in [5.74, 6) is -0.0921. The Bertz CT molecular complexity index is 1810. The third kappa shape index (κ3) is 5.13. The molecule has 22 heteroatoms. The number of alkyl halides is 1. The normalized spacial score (nSPS) is 32.1. The number of nitrogens with one attached hydrogen (secondary N) is 1. The van der Waals surface area contributed by atoms with Crippen molar-refractivity contribution in [3.63, 3.8) is 0 Å². The van der Waals surface area contributed by atoms with Gasteiger partial charge in [0.1, 0.15) is 41.9 Å². The lowest BCUT2D eigenvalue weighted by atomic mass is 9.98. The maximum absolute atomic E-state index is 15.5. The van der Waals surface area contributed by atoms with Crippen LogP contribution in [0.4, 0.5) is 16.2 Å². The maximum Gasteiger partial charge on any atom is 0.325 e. The molecule has 0 spiro atoms. The molecule has 19 nitrogen and oxygen atoms in total. The summed E-state index contributed by atoms with van der Waals surface area (Å²) in [6.45, 7) is -4.09. The average molecular weight is 659 g/mol. The van der Waals surface area contributed by atoms with Gasteiger partial charge in [-0.3, -0.25) is 23.4 Å². The van der Waals surface area contributed by atoms with E-state index in [0.29, 0.717) is 11.2 Å². The van der Waals surface area contributed by atoms with Gasteiger partial charge in [0.25, 0.3) is 5.56 Å². The van der Waals surface area contributed by atoms with E-state index in [-0.39, 0.29) is 22.9 Å². The summed E-state index contributed by atoms with van der Waals surface area (Å²) in [5.41, 5.74) is 9.82. The van der Waals surface area contributed by atoms with E-state index in [1.165, 1.54) is 35.8 Å². The van der Waals surface area contributed by atoms with E-state index in [0.717, 1.165) is 6.33 Å². The predicted octanol–water partition coefficient (Wildman–Crippen LogP) is -1.37. The summed E-state index contributed by atoms with van der Waals surface area (Å²) >= 11 is 5.20. The molecule has 0 aliphatic carbocycles. The van der Waals surface area contributed by atoms with E-state index in [4.69, 9.17) is 46.5 Å². The third-order valence-electron chi connectivity index (χ3n) is 7.48. The highest BCUT2D eigenvalue weighted by Crippen LogP contribution is 2.52.